The first-order valence-electron chi connectivity index (χ1n) is 31.8. The van der Waals surface area contributed by atoms with Crippen LogP contribution in [0.3, 0.4) is 0 Å². The third kappa shape index (κ3) is 59.9. The molecule has 0 saturated heterocycles. The molecule has 0 N–H and O–H groups in total. The van der Waals surface area contributed by atoms with Gasteiger partial charge < -0.3 is 14.2 Å². The molecular formula is C67H120O6. The van der Waals surface area contributed by atoms with Crippen LogP contribution in [0.5, 0.6) is 0 Å². The van der Waals surface area contributed by atoms with Crippen LogP contribution in [0, 0.1) is 0 Å². The number of esters is 3. The van der Waals surface area contributed by atoms with Crippen molar-refractivity contribution in [2.24, 2.45) is 0 Å². The van der Waals surface area contributed by atoms with Gasteiger partial charge in [-0.1, -0.05) is 281 Å². The summed E-state index contributed by atoms with van der Waals surface area (Å²) in [6.07, 6.45) is 77.9. The van der Waals surface area contributed by atoms with Crippen molar-refractivity contribution in [3.8, 4) is 0 Å². The van der Waals surface area contributed by atoms with Crippen LogP contribution in [0.2, 0.25) is 0 Å². The summed E-state index contributed by atoms with van der Waals surface area (Å²) in [7, 11) is 0. The molecule has 0 fully saturated rings. The predicted molar refractivity (Wildman–Crippen MR) is 316 cm³/mol. The quantitative estimate of drug-likeness (QED) is 0.0261. The predicted octanol–water partition coefficient (Wildman–Crippen LogP) is 21.6. The Balaban J connectivity index is 4.30. The van der Waals surface area contributed by atoms with Gasteiger partial charge in [0.05, 0.1) is 0 Å². The van der Waals surface area contributed by atoms with E-state index in [1.807, 2.05) is 0 Å². The normalized spacial score (nSPS) is 12.4. The van der Waals surface area contributed by atoms with Crippen molar-refractivity contribution in [3.05, 3.63) is 60.8 Å². The molecule has 0 aromatic rings. The maximum absolute atomic E-state index is 12.9. The fourth-order valence-corrected chi connectivity index (χ4v) is 9.19. The average molecular weight is 1020 g/mol. The maximum atomic E-state index is 12.9. The molecule has 0 spiro atoms. The Hall–Kier alpha value is -2.89. The van der Waals surface area contributed by atoms with Crippen molar-refractivity contribution < 1.29 is 28.6 Å². The van der Waals surface area contributed by atoms with Crippen LogP contribution in [-0.4, -0.2) is 37.2 Å². The molecule has 6 heteroatoms. The summed E-state index contributed by atoms with van der Waals surface area (Å²) in [6, 6.07) is 0. The Morgan fingerprint density at radius 3 is 0.795 bits per heavy atom. The topological polar surface area (TPSA) is 78.9 Å². The second-order valence-electron chi connectivity index (χ2n) is 21.3. The number of hydrogen-bond acceptors (Lipinski definition) is 6. The van der Waals surface area contributed by atoms with E-state index in [-0.39, 0.29) is 31.1 Å². The molecule has 73 heavy (non-hydrogen) atoms. The molecule has 0 aliphatic rings. The summed E-state index contributed by atoms with van der Waals surface area (Å²) in [4.78, 5) is 38.3. The number of allylic oxidation sites excluding steroid dienone is 10. The molecule has 0 rings (SSSR count). The first-order chi connectivity index (χ1) is 36.0. The molecule has 0 aromatic heterocycles. The molecule has 1 unspecified atom stereocenters. The van der Waals surface area contributed by atoms with Gasteiger partial charge in [-0.3, -0.25) is 14.4 Å². The SMILES string of the molecule is CCCCC/C=C\C/C=C\CCCCCCCCCC(=O)OC(COC(=O)CCCCCCCCCCCC/C=C\C/C=C\C/C=C\CCCCCCC)COC(=O)CCCCCCCCCCCCCCC. The van der Waals surface area contributed by atoms with Gasteiger partial charge in [0.15, 0.2) is 6.10 Å². The van der Waals surface area contributed by atoms with E-state index in [0.717, 1.165) is 83.5 Å². The summed E-state index contributed by atoms with van der Waals surface area (Å²) >= 11 is 0. The van der Waals surface area contributed by atoms with Crippen molar-refractivity contribution in [2.75, 3.05) is 13.2 Å². The number of unbranched alkanes of at least 4 members (excludes halogenated alkanes) is 37. The van der Waals surface area contributed by atoms with Crippen LogP contribution in [0.15, 0.2) is 60.8 Å². The van der Waals surface area contributed by atoms with Crippen LogP contribution in [0.25, 0.3) is 0 Å². The Morgan fingerprint density at radius 2 is 0.493 bits per heavy atom. The van der Waals surface area contributed by atoms with E-state index in [2.05, 4.69) is 81.5 Å². The average Bonchev–Trinajstić information content (AvgIpc) is 3.39. The number of hydrogen-bond donors (Lipinski definition) is 0. The zero-order valence-corrected chi connectivity index (χ0v) is 48.7. The summed E-state index contributed by atoms with van der Waals surface area (Å²) in [6.45, 7) is 6.63. The zero-order valence-electron chi connectivity index (χ0n) is 48.7. The first-order valence-corrected chi connectivity index (χ1v) is 31.8. The third-order valence-corrected chi connectivity index (χ3v) is 14.0. The molecule has 0 aliphatic carbocycles. The number of carbonyl (C=O) groups excluding carboxylic acids is 3. The van der Waals surface area contributed by atoms with Crippen molar-refractivity contribution in [3.63, 3.8) is 0 Å². The first kappa shape index (κ1) is 70.1. The molecule has 0 aliphatic heterocycles. The van der Waals surface area contributed by atoms with E-state index in [1.165, 1.54) is 205 Å². The van der Waals surface area contributed by atoms with Crippen LogP contribution in [0.1, 0.15) is 329 Å². The van der Waals surface area contributed by atoms with Gasteiger partial charge in [-0.15, -0.1) is 0 Å². The van der Waals surface area contributed by atoms with Crippen molar-refractivity contribution in [1.82, 2.24) is 0 Å². The van der Waals surface area contributed by atoms with Crippen molar-refractivity contribution >= 4 is 17.9 Å². The Kier molecular flexibility index (Phi) is 59.2. The van der Waals surface area contributed by atoms with Crippen molar-refractivity contribution in [2.45, 2.75) is 335 Å². The second kappa shape index (κ2) is 61.7. The summed E-state index contributed by atoms with van der Waals surface area (Å²) in [5.41, 5.74) is 0. The summed E-state index contributed by atoms with van der Waals surface area (Å²) in [5.74, 6) is -0.871. The lowest BCUT2D eigenvalue weighted by molar-refractivity contribution is -0.167. The fourth-order valence-electron chi connectivity index (χ4n) is 9.19. The second-order valence-corrected chi connectivity index (χ2v) is 21.3. The van der Waals surface area contributed by atoms with E-state index in [4.69, 9.17) is 14.2 Å². The highest BCUT2D eigenvalue weighted by Gasteiger charge is 2.19. The monoisotopic (exact) mass is 1020 g/mol. The van der Waals surface area contributed by atoms with E-state index >= 15 is 0 Å². The smallest absolute Gasteiger partial charge is 0.306 e. The minimum absolute atomic E-state index is 0.0755. The molecule has 1 atom stereocenters. The lowest BCUT2D eigenvalue weighted by atomic mass is 10.0. The number of ether oxygens (including phenoxy) is 3. The Bertz CT molecular complexity index is 1310. The molecule has 6 nitrogen and oxygen atoms in total. The maximum Gasteiger partial charge on any atom is 0.306 e. The van der Waals surface area contributed by atoms with Gasteiger partial charge in [-0.2, -0.15) is 0 Å². The third-order valence-electron chi connectivity index (χ3n) is 14.0. The Morgan fingerprint density at radius 1 is 0.274 bits per heavy atom. The highest BCUT2D eigenvalue weighted by molar-refractivity contribution is 5.71. The van der Waals surface area contributed by atoms with E-state index in [1.54, 1.807) is 0 Å². The minimum Gasteiger partial charge on any atom is -0.462 e. The lowest BCUT2D eigenvalue weighted by Gasteiger charge is -2.18. The summed E-state index contributed by atoms with van der Waals surface area (Å²) < 4.78 is 16.9. The molecule has 0 amide bonds. The highest BCUT2D eigenvalue weighted by Crippen LogP contribution is 2.16. The van der Waals surface area contributed by atoms with Gasteiger partial charge >= 0.3 is 17.9 Å². The van der Waals surface area contributed by atoms with Gasteiger partial charge in [-0.25, -0.2) is 0 Å². The minimum atomic E-state index is -0.779. The molecule has 424 valence electrons. The number of rotatable bonds is 58. The molecular weight excluding hydrogens is 901 g/mol. The van der Waals surface area contributed by atoms with Gasteiger partial charge in [0.1, 0.15) is 13.2 Å². The zero-order chi connectivity index (χ0) is 52.9. The standard InChI is InChI=1S/C67H120O6/c1-4-7-10-13-16-19-22-25-27-29-30-31-32-33-34-35-36-38-39-42-45-48-51-54-57-60-66(69)72-63-64(62-71-65(68)59-56-53-50-47-44-41-24-21-18-15-12-9-6-3)73-67(70)61-58-55-52-49-46-43-40-37-28-26-23-20-17-14-11-8-5-2/h17,20,22,25-26,28-30,32-33,64H,4-16,18-19,21,23-24,27,31,34-63H2,1-3H3/b20-17-,25-22-,28-26-,30-29-,33-32-. The van der Waals surface area contributed by atoms with Gasteiger partial charge in [0.2, 0.25) is 0 Å². The Labute approximate surface area is 453 Å². The lowest BCUT2D eigenvalue weighted by Crippen LogP contribution is -2.30. The largest absolute Gasteiger partial charge is 0.462 e. The van der Waals surface area contributed by atoms with E-state index in [9.17, 15) is 14.4 Å². The molecule has 0 saturated carbocycles. The van der Waals surface area contributed by atoms with E-state index < -0.39 is 6.10 Å². The molecule has 0 radical (unpaired) electrons. The fraction of sp³-hybridized carbons (Fsp3) is 0.806. The summed E-state index contributed by atoms with van der Waals surface area (Å²) in [5, 5.41) is 0. The molecule has 0 bridgehead atoms. The van der Waals surface area contributed by atoms with Gasteiger partial charge in [0, 0.05) is 19.3 Å². The number of carbonyl (C=O) groups is 3. The van der Waals surface area contributed by atoms with Gasteiger partial charge in [-0.05, 0) is 89.9 Å². The van der Waals surface area contributed by atoms with Crippen LogP contribution >= 0.6 is 0 Å². The molecule has 0 heterocycles. The van der Waals surface area contributed by atoms with Crippen LogP contribution in [0.4, 0.5) is 0 Å². The van der Waals surface area contributed by atoms with Crippen molar-refractivity contribution in [1.29, 1.82) is 0 Å². The van der Waals surface area contributed by atoms with Gasteiger partial charge in [0.25, 0.3) is 0 Å². The molecule has 0 aromatic carbocycles. The van der Waals surface area contributed by atoms with Crippen LogP contribution in [-0.2, 0) is 28.6 Å². The highest BCUT2D eigenvalue weighted by atomic mass is 16.6. The van der Waals surface area contributed by atoms with E-state index in [0.29, 0.717) is 19.3 Å². The van der Waals surface area contributed by atoms with Crippen LogP contribution < -0.4 is 0 Å².